The van der Waals surface area contributed by atoms with E-state index in [0.29, 0.717) is 6.54 Å². The van der Waals surface area contributed by atoms with Gasteiger partial charge in [0.2, 0.25) is 5.91 Å². The normalized spacial score (nSPS) is 20.8. The van der Waals surface area contributed by atoms with Crippen LogP contribution in [0.1, 0.15) is 38.2 Å². The molecule has 0 bridgehead atoms. The molecule has 8 heteroatoms. The van der Waals surface area contributed by atoms with E-state index >= 15 is 0 Å². The molecule has 0 spiro atoms. The number of nitrogens with two attached hydrogens (primary N) is 1. The van der Waals surface area contributed by atoms with Crippen molar-refractivity contribution in [1.82, 2.24) is 19.6 Å². The summed E-state index contributed by atoms with van der Waals surface area (Å²) in [5.74, 6) is -0.146. The average molecular weight is 399 g/mol. The van der Waals surface area contributed by atoms with Crippen LogP contribution in [0.25, 0.3) is 5.69 Å². The van der Waals surface area contributed by atoms with Gasteiger partial charge in [-0.2, -0.15) is 5.10 Å². The molecular weight excluding hydrogens is 370 g/mol. The van der Waals surface area contributed by atoms with Gasteiger partial charge >= 0.3 is 6.09 Å². The Morgan fingerprint density at radius 1 is 1.17 bits per heavy atom. The van der Waals surface area contributed by atoms with E-state index in [1.165, 1.54) is 4.90 Å². The van der Waals surface area contributed by atoms with Crippen LogP contribution >= 0.6 is 0 Å². The van der Waals surface area contributed by atoms with Crippen LogP contribution in [0.3, 0.4) is 0 Å². The maximum Gasteiger partial charge on any atom is 0.407 e. The van der Waals surface area contributed by atoms with Gasteiger partial charge in [0.05, 0.1) is 35.2 Å². The van der Waals surface area contributed by atoms with Crippen molar-refractivity contribution < 1.29 is 14.7 Å². The molecule has 0 aliphatic carbocycles. The maximum absolute atomic E-state index is 13.0. The third-order valence-corrected chi connectivity index (χ3v) is 5.56. The zero-order valence-corrected chi connectivity index (χ0v) is 17.3. The maximum atomic E-state index is 13.0. The topological polar surface area (TPSA) is 105 Å². The van der Waals surface area contributed by atoms with E-state index in [0.717, 1.165) is 17.1 Å². The SMILES string of the molecule is Cc1cc([C@@H]2C(C)N(C(=O)[C@@H](N)C(C)C)CCN2C(=O)O)n(-c2ccccc2)n1. The molecule has 2 aromatic rings. The fourth-order valence-corrected chi connectivity index (χ4v) is 3.90. The van der Waals surface area contributed by atoms with Gasteiger partial charge in [-0.25, -0.2) is 9.48 Å². The zero-order chi connectivity index (χ0) is 21.3. The van der Waals surface area contributed by atoms with Crippen LogP contribution in [0.15, 0.2) is 36.4 Å². The first-order valence-electron chi connectivity index (χ1n) is 9.90. The number of nitrogens with zero attached hydrogens (tertiary/aromatic N) is 4. The first kappa shape index (κ1) is 20.9. The predicted molar refractivity (Wildman–Crippen MR) is 110 cm³/mol. The minimum Gasteiger partial charge on any atom is -0.465 e. The van der Waals surface area contributed by atoms with Gasteiger partial charge in [0.1, 0.15) is 0 Å². The van der Waals surface area contributed by atoms with Crippen LogP contribution in [0, 0.1) is 12.8 Å². The van der Waals surface area contributed by atoms with E-state index in [1.807, 2.05) is 64.1 Å². The van der Waals surface area contributed by atoms with Gasteiger partial charge in [-0.1, -0.05) is 32.0 Å². The molecule has 3 N–H and O–H groups in total. The summed E-state index contributed by atoms with van der Waals surface area (Å²) in [6.45, 7) is 8.11. The molecule has 156 valence electrons. The molecule has 29 heavy (non-hydrogen) atoms. The summed E-state index contributed by atoms with van der Waals surface area (Å²) in [7, 11) is 0. The fraction of sp³-hybridized carbons (Fsp3) is 0.476. The first-order valence-corrected chi connectivity index (χ1v) is 9.90. The molecule has 1 unspecified atom stereocenters. The number of amides is 2. The number of aromatic nitrogens is 2. The molecule has 1 aromatic carbocycles. The van der Waals surface area contributed by atoms with E-state index in [4.69, 9.17) is 5.73 Å². The lowest BCUT2D eigenvalue weighted by molar-refractivity contribution is -0.139. The van der Waals surface area contributed by atoms with Crippen LogP contribution in [0.5, 0.6) is 0 Å². The highest BCUT2D eigenvalue weighted by Gasteiger charge is 2.42. The van der Waals surface area contributed by atoms with Crippen molar-refractivity contribution in [2.45, 2.75) is 45.8 Å². The van der Waals surface area contributed by atoms with Gasteiger partial charge < -0.3 is 15.7 Å². The van der Waals surface area contributed by atoms with E-state index in [2.05, 4.69) is 5.10 Å². The molecule has 1 aliphatic heterocycles. The van der Waals surface area contributed by atoms with Crippen LogP contribution in [-0.2, 0) is 4.79 Å². The fourth-order valence-electron chi connectivity index (χ4n) is 3.90. The number of carbonyl (C=O) groups excluding carboxylic acids is 1. The summed E-state index contributed by atoms with van der Waals surface area (Å²) in [6.07, 6.45) is -1.01. The molecule has 3 rings (SSSR count). The predicted octanol–water partition coefficient (Wildman–Crippen LogP) is 2.42. The Morgan fingerprint density at radius 3 is 2.38 bits per heavy atom. The van der Waals surface area contributed by atoms with Gasteiger partial charge in [-0.3, -0.25) is 9.69 Å². The third-order valence-electron chi connectivity index (χ3n) is 5.56. The number of hydrogen-bond acceptors (Lipinski definition) is 4. The number of aryl methyl sites for hydroxylation is 1. The van der Waals surface area contributed by atoms with Crippen molar-refractivity contribution in [2.75, 3.05) is 13.1 Å². The second-order valence-electron chi connectivity index (χ2n) is 7.92. The molecule has 2 amide bonds. The minimum atomic E-state index is -1.01. The monoisotopic (exact) mass is 399 g/mol. The Hall–Kier alpha value is -2.87. The number of benzene rings is 1. The van der Waals surface area contributed by atoms with Crippen molar-refractivity contribution in [3.63, 3.8) is 0 Å². The number of para-hydroxylation sites is 1. The Labute approximate surface area is 170 Å². The quantitative estimate of drug-likeness (QED) is 0.821. The standard InChI is InChI=1S/C21H29N5O3/c1-13(2)18(22)20(27)24-10-11-25(21(28)29)19(15(24)4)17-12-14(3)23-26(17)16-8-6-5-7-9-16/h5-9,12-13,15,18-19H,10-11,22H2,1-4H3,(H,28,29)/t15?,18-,19-/m0/s1. The van der Waals surface area contributed by atoms with Crippen molar-refractivity contribution in [3.8, 4) is 5.69 Å². The largest absolute Gasteiger partial charge is 0.465 e. The summed E-state index contributed by atoms with van der Waals surface area (Å²) in [5, 5.41) is 14.4. The summed E-state index contributed by atoms with van der Waals surface area (Å²) in [4.78, 5) is 28.1. The van der Waals surface area contributed by atoms with Crippen LogP contribution in [0.2, 0.25) is 0 Å². The lowest BCUT2D eigenvalue weighted by atomic mass is 9.96. The van der Waals surface area contributed by atoms with Crippen LogP contribution in [-0.4, -0.2) is 61.9 Å². The zero-order valence-electron chi connectivity index (χ0n) is 17.3. The molecule has 8 nitrogen and oxygen atoms in total. The van der Waals surface area contributed by atoms with Gasteiger partial charge in [0.15, 0.2) is 0 Å². The molecular formula is C21H29N5O3. The van der Waals surface area contributed by atoms with Gasteiger partial charge in [-0.15, -0.1) is 0 Å². The molecule has 1 aromatic heterocycles. The number of hydrogen-bond donors (Lipinski definition) is 2. The minimum absolute atomic E-state index is 0.00254. The lowest BCUT2D eigenvalue weighted by Gasteiger charge is -2.46. The van der Waals surface area contributed by atoms with Crippen molar-refractivity contribution >= 4 is 12.0 Å². The number of rotatable bonds is 4. The third kappa shape index (κ3) is 3.98. The smallest absolute Gasteiger partial charge is 0.407 e. The second kappa shape index (κ2) is 8.24. The van der Waals surface area contributed by atoms with Crippen molar-refractivity contribution in [3.05, 3.63) is 47.8 Å². The second-order valence-corrected chi connectivity index (χ2v) is 7.92. The lowest BCUT2D eigenvalue weighted by Crippen LogP contribution is -2.60. The first-order chi connectivity index (χ1) is 13.7. The van der Waals surface area contributed by atoms with E-state index in [9.17, 15) is 14.7 Å². The highest BCUT2D eigenvalue weighted by molar-refractivity contribution is 5.82. The molecule has 1 aliphatic rings. The number of carboxylic acid groups (broad SMARTS) is 1. The molecule has 0 radical (unpaired) electrons. The summed E-state index contributed by atoms with van der Waals surface area (Å²) in [5.41, 5.74) is 8.48. The van der Waals surface area contributed by atoms with Gasteiger partial charge in [0, 0.05) is 13.1 Å². The van der Waals surface area contributed by atoms with E-state index < -0.39 is 18.2 Å². The Bertz CT molecular complexity index is 880. The summed E-state index contributed by atoms with van der Waals surface area (Å²) in [6, 6.07) is 9.93. The molecule has 2 heterocycles. The Balaban J connectivity index is 2.05. The van der Waals surface area contributed by atoms with Crippen LogP contribution in [0.4, 0.5) is 4.79 Å². The van der Waals surface area contributed by atoms with Crippen LogP contribution < -0.4 is 5.73 Å². The Kier molecular flexibility index (Phi) is 5.93. The molecule has 1 saturated heterocycles. The average Bonchev–Trinajstić information content (AvgIpc) is 3.08. The van der Waals surface area contributed by atoms with Gasteiger partial charge in [0.25, 0.3) is 0 Å². The summed E-state index contributed by atoms with van der Waals surface area (Å²) >= 11 is 0. The highest BCUT2D eigenvalue weighted by atomic mass is 16.4. The number of carbonyl (C=O) groups is 2. The molecule has 3 atom stereocenters. The van der Waals surface area contributed by atoms with E-state index in [-0.39, 0.29) is 24.4 Å². The van der Waals surface area contributed by atoms with Crippen molar-refractivity contribution in [2.24, 2.45) is 11.7 Å². The molecule has 1 fully saturated rings. The van der Waals surface area contributed by atoms with Gasteiger partial charge in [-0.05, 0) is 38.0 Å². The Morgan fingerprint density at radius 2 is 1.79 bits per heavy atom. The van der Waals surface area contributed by atoms with Crippen molar-refractivity contribution in [1.29, 1.82) is 0 Å². The van der Waals surface area contributed by atoms with E-state index in [1.54, 1.807) is 9.58 Å². The molecule has 0 saturated carbocycles. The highest BCUT2D eigenvalue weighted by Crippen LogP contribution is 2.33. The summed E-state index contributed by atoms with van der Waals surface area (Å²) < 4.78 is 1.77. The number of piperazine rings is 1.